The quantitative estimate of drug-likeness (QED) is 0.655. The van der Waals surface area contributed by atoms with E-state index in [4.69, 9.17) is 4.98 Å². The van der Waals surface area contributed by atoms with Crippen LogP contribution in [0, 0.1) is 19.8 Å². The number of nitrogens with one attached hydrogen (secondary N) is 1. The predicted molar refractivity (Wildman–Crippen MR) is 111 cm³/mol. The molecule has 0 saturated carbocycles. The lowest BCUT2D eigenvalue weighted by Crippen LogP contribution is -2.29. The van der Waals surface area contributed by atoms with Crippen LogP contribution in [0.15, 0.2) is 42.5 Å². The Kier molecular flexibility index (Phi) is 5.64. The second-order valence-corrected chi connectivity index (χ2v) is 7.81. The Labute approximate surface area is 161 Å². The number of rotatable bonds is 6. The molecule has 2 aromatic carbocycles. The number of carbonyl (C=O) groups excluding carboxylic acids is 1. The molecule has 0 radical (unpaired) electrons. The van der Waals surface area contributed by atoms with Crippen molar-refractivity contribution in [3.05, 3.63) is 65.0 Å². The molecular formula is C23H29N3O. The number of aromatic nitrogens is 2. The Balaban J connectivity index is 1.89. The van der Waals surface area contributed by atoms with Crippen molar-refractivity contribution >= 4 is 16.9 Å². The number of aryl methyl sites for hydroxylation is 3. The van der Waals surface area contributed by atoms with Gasteiger partial charge in [-0.3, -0.25) is 4.79 Å². The van der Waals surface area contributed by atoms with Crippen molar-refractivity contribution in [2.45, 2.75) is 53.6 Å². The molecule has 1 atom stereocenters. The second-order valence-electron chi connectivity index (χ2n) is 7.81. The summed E-state index contributed by atoms with van der Waals surface area (Å²) >= 11 is 0. The molecule has 3 rings (SSSR count). The number of hydrogen-bond donors (Lipinski definition) is 1. The number of benzene rings is 2. The maximum atomic E-state index is 12.8. The molecule has 3 aromatic rings. The van der Waals surface area contributed by atoms with E-state index in [-0.39, 0.29) is 11.9 Å². The highest BCUT2D eigenvalue weighted by atomic mass is 16.1. The number of nitrogens with zero attached hydrogens (tertiary/aromatic N) is 2. The first-order chi connectivity index (χ1) is 12.9. The number of hydrogen-bond acceptors (Lipinski definition) is 2. The first-order valence-electron chi connectivity index (χ1n) is 9.70. The molecule has 27 heavy (non-hydrogen) atoms. The summed E-state index contributed by atoms with van der Waals surface area (Å²) in [6.07, 6.45) is 1.07. The van der Waals surface area contributed by atoms with Gasteiger partial charge in [-0.1, -0.05) is 43.7 Å². The van der Waals surface area contributed by atoms with E-state index in [2.05, 4.69) is 29.8 Å². The molecular weight excluding hydrogens is 334 g/mol. The van der Waals surface area contributed by atoms with Crippen molar-refractivity contribution in [1.82, 2.24) is 14.9 Å². The fourth-order valence-corrected chi connectivity index (χ4v) is 3.45. The fraction of sp³-hybridized carbons (Fsp3) is 0.391. The highest BCUT2D eigenvalue weighted by Crippen LogP contribution is 2.23. The van der Waals surface area contributed by atoms with Crippen LogP contribution >= 0.6 is 0 Å². The Morgan fingerprint density at radius 3 is 2.56 bits per heavy atom. The van der Waals surface area contributed by atoms with Gasteiger partial charge in [0, 0.05) is 12.1 Å². The van der Waals surface area contributed by atoms with Crippen molar-refractivity contribution in [3.63, 3.8) is 0 Å². The molecule has 0 bridgehead atoms. The maximum Gasteiger partial charge on any atom is 0.252 e. The van der Waals surface area contributed by atoms with Crippen LogP contribution in [0.2, 0.25) is 0 Å². The van der Waals surface area contributed by atoms with Crippen molar-refractivity contribution in [3.8, 4) is 0 Å². The standard InChI is InChI=1S/C23H29N3O/c1-15(2)12-13-26-21-9-7-6-8-20(21)25-22(26)18(5)24-23(27)19-11-10-16(3)14-17(19)4/h6-11,14-15,18H,12-13H2,1-5H3,(H,24,27). The van der Waals surface area contributed by atoms with E-state index in [1.807, 2.05) is 57.2 Å². The van der Waals surface area contributed by atoms with E-state index >= 15 is 0 Å². The number of imidazole rings is 1. The molecule has 0 aliphatic carbocycles. The Bertz CT molecular complexity index is 955. The predicted octanol–water partition coefficient (Wildman–Crippen LogP) is 5.19. The molecule has 1 N–H and O–H groups in total. The zero-order valence-electron chi connectivity index (χ0n) is 16.9. The third kappa shape index (κ3) is 4.21. The van der Waals surface area contributed by atoms with Crippen LogP contribution in [0.4, 0.5) is 0 Å². The van der Waals surface area contributed by atoms with Crippen LogP contribution in [0.5, 0.6) is 0 Å². The molecule has 0 aliphatic rings. The third-order valence-corrected chi connectivity index (χ3v) is 4.98. The van der Waals surface area contributed by atoms with Gasteiger partial charge in [0.2, 0.25) is 0 Å². The molecule has 1 amide bonds. The summed E-state index contributed by atoms with van der Waals surface area (Å²) in [6, 6.07) is 13.9. The van der Waals surface area contributed by atoms with Gasteiger partial charge in [-0.15, -0.1) is 0 Å². The minimum absolute atomic E-state index is 0.0533. The molecule has 4 heteroatoms. The average molecular weight is 364 g/mol. The lowest BCUT2D eigenvalue weighted by molar-refractivity contribution is 0.0937. The van der Waals surface area contributed by atoms with Crippen molar-refractivity contribution in [2.75, 3.05) is 0 Å². The Morgan fingerprint density at radius 2 is 1.85 bits per heavy atom. The van der Waals surface area contributed by atoms with Crippen LogP contribution < -0.4 is 5.32 Å². The van der Waals surface area contributed by atoms with Gasteiger partial charge in [0.1, 0.15) is 5.82 Å². The monoisotopic (exact) mass is 363 g/mol. The van der Waals surface area contributed by atoms with E-state index in [9.17, 15) is 4.79 Å². The first-order valence-corrected chi connectivity index (χ1v) is 9.70. The zero-order valence-corrected chi connectivity index (χ0v) is 16.9. The number of fused-ring (bicyclic) bond motifs is 1. The topological polar surface area (TPSA) is 46.9 Å². The van der Waals surface area contributed by atoms with Gasteiger partial charge in [0.05, 0.1) is 17.1 Å². The fourth-order valence-electron chi connectivity index (χ4n) is 3.45. The van der Waals surface area contributed by atoms with E-state index in [1.54, 1.807) is 0 Å². The summed E-state index contributed by atoms with van der Waals surface area (Å²) in [4.78, 5) is 17.6. The van der Waals surface area contributed by atoms with Crippen molar-refractivity contribution in [2.24, 2.45) is 5.92 Å². The number of amides is 1. The summed E-state index contributed by atoms with van der Waals surface area (Å²) < 4.78 is 2.25. The Hall–Kier alpha value is -2.62. The first kappa shape index (κ1) is 19.2. The van der Waals surface area contributed by atoms with E-state index < -0.39 is 0 Å². The minimum atomic E-state index is -0.169. The molecule has 1 heterocycles. The highest BCUT2D eigenvalue weighted by molar-refractivity contribution is 5.96. The van der Waals surface area contributed by atoms with Gasteiger partial charge in [-0.05, 0) is 56.9 Å². The third-order valence-electron chi connectivity index (χ3n) is 4.98. The van der Waals surface area contributed by atoms with Crippen LogP contribution in [0.1, 0.15) is 60.5 Å². The largest absolute Gasteiger partial charge is 0.342 e. The summed E-state index contributed by atoms with van der Waals surface area (Å²) in [6.45, 7) is 11.4. The maximum absolute atomic E-state index is 12.8. The van der Waals surface area contributed by atoms with Crippen LogP contribution in [-0.4, -0.2) is 15.5 Å². The van der Waals surface area contributed by atoms with E-state index in [0.29, 0.717) is 5.92 Å². The molecule has 0 aliphatic heterocycles. The Morgan fingerprint density at radius 1 is 1.11 bits per heavy atom. The molecule has 142 valence electrons. The van der Waals surface area contributed by atoms with Crippen LogP contribution in [0.25, 0.3) is 11.0 Å². The van der Waals surface area contributed by atoms with Gasteiger partial charge in [0.15, 0.2) is 0 Å². The summed E-state index contributed by atoms with van der Waals surface area (Å²) in [5.41, 5.74) is 4.97. The molecule has 0 saturated heterocycles. The SMILES string of the molecule is Cc1ccc(C(=O)NC(C)c2nc3ccccc3n2CCC(C)C)c(C)c1. The average Bonchev–Trinajstić information content (AvgIpc) is 2.98. The van der Waals surface area contributed by atoms with Gasteiger partial charge < -0.3 is 9.88 Å². The molecule has 0 fully saturated rings. The van der Waals surface area contributed by atoms with Gasteiger partial charge in [-0.2, -0.15) is 0 Å². The van der Waals surface area contributed by atoms with Crippen LogP contribution in [0.3, 0.4) is 0 Å². The van der Waals surface area contributed by atoms with E-state index in [0.717, 1.165) is 46.5 Å². The lowest BCUT2D eigenvalue weighted by Gasteiger charge is -2.18. The van der Waals surface area contributed by atoms with Gasteiger partial charge >= 0.3 is 0 Å². The van der Waals surface area contributed by atoms with Gasteiger partial charge in [-0.25, -0.2) is 4.98 Å². The molecule has 1 unspecified atom stereocenters. The summed E-state index contributed by atoms with van der Waals surface area (Å²) in [5, 5.41) is 3.14. The normalized spacial score (nSPS) is 12.5. The number of carbonyl (C=O) groups is 1. The smallest absolute Gasteiger partial charge is 0.252 e. The lowest BCUT2D eigenvalue weighted by atomic mass is 10.0. The minimum Gasteiger partial charge on any atom is -0.342 e. The van der Waals surface area contributed by atoms with Crippen molar-refractivity contribution < 1.29 is 4.79 Å². The van der Waals surface area contributed by atoms with Gasteiger partial charge in [0.25, 0.3) is 5.91 Å². The zero-order chi connectivity index (χ0) is 19.6. The van der Waals surface area contributed by atoms with Crippen molar-refractivity contribution in [1.29, 1.82) is 0 Å². The number of para-hydroxylation sites is 2. The van der Waals surface area contributed by atoms with Crippen LogP contribution in [-0.2, 0) is 6.54 Å². The van der Waals surface area contributed by atoms with E-state index in [1.165, 1.54) is 0 Å². The molecule has 4 nitrogen and oxygen atoms in total. The summed E-state index contributed by atoms with van der Waals surface area (Å²) in [5.74, 6) is 1.47. The second kappa shape index (κ2) is 7.95. The summed E-state index contributed by atoms with van der Waals surface area (Å²) in [7, 11) is 0. The molecule has 1 aromatic heterocycles. The highest BCUT2D eigenvalue weighted by Gasteiger charge is 2.20. The molecule has 0 spiro atoms.